The van der Waals surface area contributed by atoms with Gasteiger partial charge in [-0.15, -0.1) is 0 Å². The summed E-state index contributed by atoms with van der Waals surface area (Å²) in [6, 6.07) is 0. The summed E-state index contributed by atoms with van der Waals surface area (Å²) in [5, 5.41) is 4.22. The minimum atomic E-state index is 0.400. The minimum absolute atomic E-state index is 0.400. The van der Waals surface area contributed by atoms with E-state index >= 15 is 0 Å². The van der Waals surface area contributed by atoms with Gasteiger partial charge >= 0.3 is 0 Å². The van der Waals surface area contributed by atoms with Crippen molar-refractivity contribution in [3.63, 3.8) is 0 Å². The highest BCUT2D eigenvalue weighted by atomic mass is 127. The zero-order valence-corrected chi connectivity index (χ0v) is 10.8. The molecule has 0 aromatic rings. The fourth-order valence-electron chi connectivity index (χ4n) is 2.70. The average molecular weight is 308 g/mol. The van der Waals surface area contributed by atoms with Crippen molar-refractivity contribution in [1.82, 2.24) is 3.11 Å². The van der Waals surface area contributed by atoms with E-state index in [0.29, 0.717) is 5.41 Å². The Morgan fingerprint density at radius 3 is 2.71 bits per heavy atom. The Bertz CT molecular complexity index is 234. The molecule has 1 spiro atoms. The van der Waals surface area contributed by atoms with Gasteiger partial charge in [0.05, 0.1) is 5.71 Å². The number of hydrogen-bond acceptors (Lipinski definition) is 3. The van der Waals surface area contributed by atoms with Gasteiger partial charge in [0, 0.05) is 41.4 Å². The first-order valence-electron chi connectivity index (χ1n) is 5.28. The van der Waals surface area contributed by atoms with Crippen molar-refractivity contribution in [2.75, 3.05) is 20.2 Å². The van der Waals surface area contributed by atoms with Gasteiger partial charge in [0.15, 0.2) is 0 Å². The molecule has 0 aromatic carbocycles. The van der Waals surface area contributed by atoms with E-state index in [1.165, 1.54) is 44.5 Å². The highest BCUT2D eigenvalue weighted by molar-refractivity contribution is 14.1. The van der Waals surface area contributed by atoms with Gasteiger partial charge in [-0.05, 0) is 32.1 Å². The van der Waals surface area contributed by atoms with Crippen molar-refractivity contribution in [3.8, 4) is 0 Å². The van der Waals surface area contributed by atoms with E-state index in [2.05, 4.69) is 31.1 Å². The molecule has 0 atom stereocenters. The molecular weight excluding hydrogens is 291 g/mol. The predicted octanol–water partition coefficient (Wildman–Crippen LogP) is 2.60. The lowest BCUT2D eigenvalue weighted by atomic mass is 9.76. The molecule has 2 fully saturated rings. The van der Waals surface area contributed by atoms with Crippen molar-refractivity contribution in [2.24, 2.45) is 10.6 Å². The van der Waals surface area contributed by atoms with Crippen molar-refractivity contribution >= 4 is 28.6 Å². The van der Waals surface area contributed by atoms with Crippen LogP contribution in [0.25, 0.3) is 0 Å². The number of nitrogens with zero attached hydrogens (tertiary/aromatic N) is 2. The van der Waals surface area contributed by atoms with Gasteiger partial charge in [-0.25, -0.2) is 3.11 Å². The summed E-state index contributed by atoms with van der Waals surface area (Å²) < 4.78 is 2.38. The monoisotopic (exact) mass is 308 g/mol. The van der Waals surface area contributed by atoms with Crippen molar-refractivity contribution in [1.29, 1.82) is 0 Å². The van der Waals surface area contributed by atoms with Crippen molar-refractivity contribution in [3.05, 3.63) is 0 Å². The van der Waals surface area contributed by atoms with E-state index in [4.69, 9.17) is 4.84 Å². The molecule has 2 rings (SSSR count). The van der Waals surface area contributed by atoms with Gasteiger partial charge in [0.25, 0.3) is 0 Å². The summed E-state index contributed by atoms with van der Waals surface area (Å²) in [6.45, 7) is 2.40. The smallest absolute Gasteiger partial charge is 0.106 e. The Labute approximate surface area is 99.4 Å². The van der Waals surface area contributed by atoms with Crippen LogP contribution in [0.4, 0.5) is 0 Å². The standard InChI is InChI=1S/C10H17IN2O/c1-14-12-9-3-2-4-10(9)5-7-13(11)8-6-10/h2-8H2,1H3/b12-9+. The zero-order chi connectivity index (χ0) is 10.0. The maximum Gasteiger partial charge on any atom is 0.106 e. The summed E-state index contributed by atoms with van der Waals surface area (Å²) in [4.78, 5) is 4.95. The SMILES string of the molecule is CO/N=C1\CCCC12CCN(I)CC2. The van der Waals surface area contributed by atoms with Crippen LogP contribution < -0.4 is 0 Å². The molecule has 0 N–H and O–H groups in total. The third-order valence-electron chi connectivity index (χ3n) is 3.55. The van der Waals surface area contributed by atoms with E-state index in [1.54, 1.807) is 7.11 Å². The maximum atomic E-state index is 4.95. The normalized spacial score (nSPS) is 30.0. The molecule has 3 nitrogen and oxygen atoms in total. The summed E-state index contributed by atoms with van der Waals surface area (Å²) in [5.74, 6) is 0. The molecule has 1 saturated carbocycles. The zero-order valence-electron chi connectivity index (χ0n) is 8.63. The molecular formula is C10H17IN2O. The Kier molecular flexibility index (Phi) is 3.31. The van der Waals surface area contributed by atoms with Gasteiger partial charge in [0.2, 0.25) is 0 Å². The van der Waals surface area contributed by atoms with Crippen LogP contribution in [0.2, 0.25) is 0 Å². The number of hydrogen-bond donors (Lipinski definition) is 0. The first-order chi connectivity index (χ1) is 6.77. The summed E-state index contributed by atoms with van der Waals surface area (Å²) in [7, 11) is 1.66. The second-order valence-corrected chi connectivity index (χ2v) is 5.63. The lowest BCUT2D eigenvalue weighted by Crippen LogP contribution is -2.38. The Morgan fingerprint density at radius 1 is 1.36 bits per heavy atom. The predicted molar refractivity (Wildman–Crippen MR) is 65.6 cm³/mol. The molecule has 4 heteroatoms. The highest BCUT2D eigenvalue weighted by Gasteiger charge is 2.42. The molecule has 1 saturated heterocycles. The molecule has 0 bridgehead atoms. The second kappa shape index (κ2) is 4.35. The van der Waals surface area contributed by atoms with Gasteiger partial charge in [0.1, 0.15) is 7.11 Å². The van der Waals surface area contributed by atoms with Crippen LogP contribution in [0.5, 0.6) is 0 Å². The highest BCUT2D eigenvalue weighted by Crippen LogP contribution is 2.44. The molecule has 1 aliphatic carbocycles. The van der Waals surface area contributed by atoms with E-state index in [0.717, 1.165) is 6.42 Å². The van der Waals surface area contributed by atoms with Gasteiger partial charge in [-0.3, -0.25) is 0 Å². The third kappa shape index (κ3) is 1.91. The largest absolute Gasteiger partial charge is 0.399 e. The van der Waals surface area contributed by atoms with Gasteiger partial charge in [-0.2, -0.15) is 0 Å². The van der Waals surface area contributed by atoms with Gasteiger partial charge in [-0.1, -0.05) is 5.16 Å². The number of halogens is 1. The molecule has 0 radical (unpaired) electrons. The summed E-state index contributed by atoms with van der Waals surface area (Å²) in [6.07, 6.45) is 6.29. The topological polar surface area (TPSA) is 24.8 Å². The minimum Gasteiger partial charge on any atom is -0.399 e. The van der Waals surface area contributed by atoms with Crippen LogP contribution in [-0.4, -0.2) is 29.0 Å². The maximum absolute atomic E-state index is 4.95. The van der Waals surface area contributed by atoms with Crippen molar-refractivity contribution < 1.29 is 4.84 Å². The first-order valence-corrected chi connectivity index (χ1v) is 6.24. The first kappa shape index (κ1) is 10.7. The van der Waals surface area contributed by atoms with Gasteiger partial charge < -0.3 is 4.84 Å². The average Bonchev–Trinajstić information content (AvgIpc) is 2.56. The quantitative estimate of drug-likeness (QED) is 0.422. The fourth-order valence-corrected chi connectivity index (χ4v) is 3.18. The van der Waals surface area contributed by atoms with E-state index < -0.39 is 0 Å². The molecule has 80 valence electrons. The van der Waals surface area contributed by atoms with Crippen LogP contribution >= 0.6 is 22.9 Å². The Hall–Kier alpha value is 0.160. The second-order valence-electron chi connectivity index (χ2n) is 4.26. The molecule has 14 heavy (non-hydrogen) atoms. The molecule has 1 heterocycles. The molecule has 0 aromatic heterocycles. The third-order valence-corrected chi connectivity index (χ3v) is 4.51. The van der Waals surface area contributed by atoms with Crippen molar-refractivity contribution in [2.45, 2.75) is 32.1 Å². The van der Waals surface area contributed by atoms with E-state index in [9.17, 15) is 0 Å². The molecule has 0 amide bonds. The van der Waals surface area contributed by atoms with E-state index in [1.807, 2.05) is 0 Å². The summed E-state index contributed by atoms with van der Waals surface area (Å²) in [5.41, 5.74) is 1.72. The van der Waals surface area contributed by atoms with Crippen LogP contribution in [0.15, 0.2) is 5.16 Å². The molecule has 1 aliphatic heterocycles. The fraction of sp³-hybridized carbons (Fsp3) is 0.900. The van der Waals surface area contributed by atoms with Crippen LogP contribution in [-0.2, 0) is 4.84 Å². The Balaban J connectivity index is 2.10. The van der Waals surface area contributed by atoms with Crippen LogP contribution in [0.1, 0.15) is 32.1 Å². The number of piperidine rings is 1. The lowest BCUT2D eigenvalue weighted by Gasteiger charge is -2.36. The molecule has 0 unspecified atom stereocenters. The lowest BCUT2D eigenvalue weighted by molar-refractivity contribution is 0.196. The number of oxime groups is 1. The van der Waals surface area contributed by atoms with Crippen LogP contribution in [0, 0.1) is 5.41 Å². The molecule has 2 aliphatic rings. The Morgan fingerprint density at radius 2 is 2.07 bits per heavy atom. The summed E-state index contributed by atoms with van der Waals surface area (Å²) >= 11 is 2.42. The van der Waals surface area contributed by atoms with E-state index in [-0.39, 0.29) is 0 Å². The van der Waals surface area contributed by atoms with Crippen LogP contribution in [0.3, 0.4) is 0 Å². The number of rotatable bonds is 1.